The molecule has 0 aliphatic carbocycles. The number of rotatable bonds is 6. The van der Waals surface area contributed by atoms with Crippen LogP contribution in [-0.4, -0.2) is 9.97 Å². The lowest BCUT2D eigenvalue weighted by Crippen LogP contribution is -2.00. The van der Waals surface area contributed by atoms with Crippen LogP contribution in [0.3, 0.4) is 0 Å². The lowest BCUT2D eigenvalue weighted by Gasteiger charge is -2.09. The minimum absolute atomic E-state index is 0.837. The predicted octanol–water partition coefficient (Wildman–Crippen LogP) is 4.57. The molecule has 0 saturated carbocycles. The van der Waals surface area contributed by atoms with E-state index < -0.39 is 0 Å². The van der Waals surface area contributed by atoms with Gasteiger partial charge in [0.2, 0.25) is 0 Å². The van der Waals surface area contributed by atoms with Gasteiger partial charge >= 0.3 is 0 Å². The molecular weight excluding hydrogens is 246 g/mol. The molecule has 0 bridgehead atoms. The van der Waals surface area contributed by atoms with E-state index in [9.17, 15) is 0 Å². The average Bonchev–Trinajstić information content (AvgIpc) is 2.45. The third-order valence-electron chi connectivity index (χ3n) is 3.36. The van der Waals surface area contributed by atoms with E-state index in [1.54, 1.807) is 6.20 Å². The van der Waals surface area contributed by atoms with Gasteiger partial charge in [0.15, 0.2) is 5.82 Å². The molecule has 0 radical (unpaired) electrons. The standard InChI is InChI=1S/C17H23N3/c1-4-5-6-7-15-8-10-16(11-9-15)20-17-14(3)18-12-13(2)19-17/h8-12H,4-7H2,1-3H3,(H,19,20). The summed E-state index contributed by atoms with van der Waals surface area (Å²) in [6.45, 7) is 6.15. The molecule has 3 heteroatoms. The van der Waals surface area contributed by atoms with E-state index in [2.05, 4.69) is 46.5 Å². The van der Waals surface area contributed by atoms with Crippen molar-refractivity contribution in [3.63, 3.8) is 0 Å². The van der Waals surface area contributed by atoms with Gasteiger partial charge in [-0.15, -0.1) is 0 Å². The molecule has 0 aliphatic rings. The van der Waals surface area contributed by atoms with Crippen molar-refractivity contribution in [2.24, 2.45) is 0 Å². The first-order valence-corrected chi connectivity index (χ1v) is 7.35. The predicted molar refractivity (Wildman–Crippen MR) is 84.5 cm³/mol. The van der Waals surface area contributed by atoms with Crippen LogP contribution in [0.25, 0.3) is 0 Å². The topological polar surface area (TPSA) is 37.8 Å². The van der Waals surface area contributed by atoms with Gasteiger partial charge in [-0.3, -0.25) is 4.98 Å². The molecule has 106 valence electrons. The molecule has 0 fully saturated rings. The van der Waals surface area contributed by atoms with Crippen molar-refractivity contribution in [2.45, 2.75) is 46.5 Å². The second-order valence-corrected chi connectivity index (χ2v) is 5.22. The summed E-state index contributed by atoms with van der Waals surface area (Å²) in [5.41, 5.74) is 4.31. The Hall–Kier alpha value is -1.90. The number of anilines is 2. The van der Waals surface area contributed by atoms with E-state index in [-0.39, 0.29) is 0 Å². The normalized spacial score (nSPS) is 10.6. The fraction of sp³-hybridized carbons (Fsp3) is 0.412. The summed E-state index contributed by atoms with van der Waals surface area (Å²) >= 11 is 0. The first-order valence-electron chi connectivity index (χ1n) is 7.35. The first-order chi connectivity index (χ1) is 9.69. The monoisotopic (exact) mass is 269 g/mol. The van der Waals surface area contributed by atoms with Crippen molar-refractivity contribution in [1.82, 2.24) is 9.97 Å². The second kappa shape index (κ2) is 7.04. The third kappa shape index (κ3) is 4.05. The smallest absolute Gasteiger partial charge is 0.152 e. The minimum atomic E-state index is 0.837. The summed E-state index contributed by atoms with van der Waals surface area (Å²) in [6.07, 6.45) is 6.80. The Morgan fingerprint density at radius 2 is 1.80 bits per heavy atom. The van der Waals surface area contributed by atoms with E-state index >= 15 is 0 Å². The van der Waals surface area contributed by atoms with Crippen LogP contribution in [0.1, 0.15) is 43.1 Å². The fourth-order valence-corrected chi connectivity index (χ4v) is 2.13. The van der Waals surface area contributed by atoms with Gasteiger partial charge in [-0.25, -0.2) is 4.98 Å². The van der Waals surface area contributed by atoms with E-state index in [1.807, 2.05) is 13.8 Å². The molecule has 1 aromatic heterocycles. The van der Waals surface area contributed by atoms with Crippen molar-refractivity contribution in [3.8, 4) is 0 Å². The Morgan fingerprint density at radius 1 is 1.05 bits per heavy atom. The summed E-state index contributed by atoms with van der Waals surface area (Å²) in [5.74, 6) is 0.837. The van der Waals surface area contributed by atoms with E-state index in [0.717, 1.165) is 29.3 Å². The molecule has 0 saturated heterocycles. The van der Waals surface area contributed by atoms with Gasteiger partial charge in [0.25, 0.3) is 0 Å². The summed E-state index contributed by atoms with van der Waals surface area (Å²) in [4.78, 5) is 8.79. The van der Waals surface area contributed by atoms with Crippen LogP contribution in [0, 0.1) is 13.8 Å². The first kappa shape index (κ1) is 14.5. The maximum atomic E-state index is 4.48. The molecule has 1 N–H and O–H groups in total. The molecule has 1 heterocycles. The van der Waals surface area contributed by atoms with E-state index in [1.165, 1.54) is 24.8 Å². The molecule has 0 atom stereocenters. The highest BCUT2D eigenvalue weighted by Crippen LogP contribution is 2.18. The van der Waals surface area contributed by atoms with Crippen LogP contribution < -0.4 is 5.32 Å². The molecule has 20 heavy (non-hydrogen) atoms. The highest BCUT2D eigenvalue weighted by Gasteiger charge is 2.02. The molecule has 0 aliphatic heterocycles. The molecule has 2 aromatic rings. The lowest BCUT2D eigenvalue weighted by atomic mass is 10.1. The largest absolute Gasteiger partial charge is 0.339 e. The Balaban J connectivity index is 2.01. The number of unbranched alkanes of at least 4 members (excludes halogenated alkanes) is 2. The molecule has 2 rings (SSSR count). The second-order valence-electron chi connectivity index (χ2n) is 5.22. The zero-order valence-electron chi connectivity index (χ0n) is 12.6. The van der Waals surface area contributed by atoms with Crippen molar-refractivity contribution < 1.29 is 0 Å². The van der Waals surface area contributed by atoms with Gasteiger partial charge < -0.3 is 5.32 Å². The van der Waals surface area contributed by atoms with Crippen LogP contribution >= 0.6 is 0 Å². The molecule has 0 spiro atoms. The number of aromatic nitrogens is 2. The van der Waals surface area contributed by atoms with Crippen LogP contribution in [-0.2, 0) is 6.42 Å². The maximum Gasteiger partial charge on any atom is 0.152 e. The van der Waals surface area contributed by atoms with Gasteiger partial charge in [0.1, 0.15) is 0 Å². The van der Waals surface area contributed by atoms with Crippen LogP contribution in [0.5, 0.6) is 0 Å². The van der Waals surface area contributed by atoms with Crippen LogP contribution in [0.4, 0.5) is 11.5 Å². The number of hydrogen-bond donors (Lipinski definition) is 1. The van der Waals surface area contributed by atoms with Gasteiger partial charge in [-0.05, 0) is 44.4 Å². The number of nitrogens with one attached hydrogen (secondary N) is 1. The molecule has 3 nitrogen and oxygen atoms in total. The van der Waals surface area contributed by atoms with Crippen molar-refractivity contribution in [2.75, 3.05) is 5.32 Å². The SMILES string of the molecule is CCCCCc1ccc(Nc2nc(C)cnc2C)cc1. The average molecular weight is 269 g/mol. The lowest BCUT2D eigenvalue weighted by molar-refractivity contribution is 0.717. The quantitative estimate of drug-likeness (QED) is 0.781. The fourth-order valence-electron chi connectivity index (χ4n) is 2.13. The Bertz CT molecular complexity index is 547. The van der Waals surface area contributed by atoms with Crippen LogP contribution in [0.2, 0.25) is 0 Å². The van der Waals surface area contributed by atoms with Crippen LogP contribution in [0.15, 0.2) is 30.5 Å². The third-order valence-corrected chi connectivity index (χ3v) is 3.36. The highest BCUT2D eigenvalue weighted by molar-refractivity contribution is 5.58. The number of benzene rings is 1. The molecule has 1 aromatic carbocycles. The zero-order chi connectivity index (χ0) is 14.4. The molecule has 0 unspecified atom stereocenters. The Labute approximate surface area is 121 Å². The number of aryl methyl sites for hydroxylation is 3. The summed E-state index contributed by atoms with van der Waals surface area (Å²) < 4.78 is 0. The van der Waals surface area contributed by atoms with Gasteiger partial charge in [-0.1, -0.05) is 31.9 Å². The zero-order valence-corrected chi connectivity index (χ0v) is 12.6. The molecular formula is C17H23N3. The molecule has 0 amide bonds. The number of hydrogen-bond acceptors (Lipinski definition) is 3. The Morgan fingerprint density at radius 3 is 2.50 bits per heavy atom. The van der Waals surface area contributed by atoms with Crippen molar-refractivity contribution >= 4 is 11.5 Å². The van der Waals surface area contributed by atoms with Crippen molar-refractivity contribution in [3.05, 3.63) is 47.4 Å². The van der Waals surface area contributed by atoms with Gasteiger partial charge in [-0.2, -0.15) is 0 Å². The maximum absolute atomic E-state index is 4.48. The minimum Gasteiger partial charge on any atom is -0.339 e. The summed E-state index contributed by atoms with van der Waals surface area (Å²) in [7, 11) is 0. The summed E-state index contributed by atoms with van der Waals surface area (Å²) in [6, 6.07) is 8.61. The van der Waals surface area contributed by atoms with E-state index in [4.69, 9.17) is 0 Å². The van der Waals surface area contributed by atoms with Crippen molar-refractivity contribution in [1.29, 1.82) is 0 Å². The van der Waals surface area contributed by atoms with E-state index in [0.29, 0.717) is 0 Å². The van der Waals surface area contributed by atoms with Gasteiger partial charge in [0.05, 0.1) is 11.4 Å². The summed E-state index contributed by atoms with van der Waals surface area (Å²) in [5, 5.41) is 3.33. The number of nitrogens with zero attached hydrogens (tertiary/aromatic N) is 2. The highest BCUT2D eigenvalue weighted by atomic mass is 15.0. The Kier molecular flexibility index (Phi) is 5.10. The van der Waals surface area contributed by atoms with Gasteiger partial charge in [0, 0.05) is 11.9 Å².